The molecule has 1 saturated carbocycles. The second-order valence-corrected chi connectivity index (χ2v) is 8.85. The molecule has 0 atom stereocenters. The van der Waals surface area contributed by atoms with Crippen LogP contribution in [0.1, 0.15) is 67.6 Å². The summed E-state index contributed by atoms with van der Waals surface area (Å²) in [6.45, 7) is 6.25. The maximum Gasteiger partial charge on any atom is 0.270 e. The lowest BCUT2D eigenvalue weighted by molar-refractivity contribution is -0.122. The van der Waals surface area contributed by atoms with Crippen molar-refractivity contribution < 1.29 is 9.59 Å². The molecule has 1 aromatic heterocycles. The molecule has 0 unspecified atom stereocenters. The Hall–Kier alpha value is -2.73. The summed E-state index contributed by atoms with van der Waals surface area (Å²) in [5.41, 5.74) is 5.12. The zero-order valence-electron chi connectivity index (χ0n) is 18.4. The number of aromatic nitrogens is 1. The monoisotopic (exact) mass is 435 g/mol. The molecule has 0 radical (unpaired) electrons. The van der Waals surface area contributed by atoms with Crippen molar-refractivity contribution in [1.82, 2.24) is 9.88 Å². The summed E-state index contributed by atoms with van der Waals surface area (Å²) >= 11 is 5.32. The van der Waals surface area contributed by atoms with Crippen LogP contribution in [0.4, 0.5) is 5.69 Å². The zero-order valence-corrected chi connectivity index (χ0v) is 19.2. The van der Waals surface area contributed by atoms with Crippen molar-refractivity contribution in [3.8, 4) is 0 Å². The highest BCUT2D eigenvalue weighted by Gasteiger charge is 2.34. The van der Waals surface area contributed by atoms with Gasteiger partial charge in [0.15, 0.2) is 5.11 Å². The van der Waals surface area contributed by atoms with Gasteiger partial charge in [0.2, 0.25) is 0 Å². The summed E-state index contributed by atoms with van der Waals surface area (Å²) in [4.78, 5) is 27.4. The molecule has 2 heterocycles. The van der Waals surface area contributed by atoms with Gasteiger partial charge in [-0.15, -0.1) is 0 Å². The first-order chi connectivity index (χ1) is 14.9. The number of hydrogen-bond donors (Lipinski definition) is 1. The Balaban J connectivity index is 1.68. The Morgan fingerprint density at radius 3 is 2.42 bits per heavy atom. The molecule has 31 heavy (non-hydrogen) atoms. The molecular weight excluding hydrogens is 406 g/mol. The number of nitrogens with zero attached hydrogens (tertiary/aromatic N) is 2. The van der Waals surface area contributed by atoms with E-state index in [1.165, 1.54) is 48.3 Å². The smallest absolute Gasteiger partial charge is 0.270 e. The van der Waals surface area contributed by atoms with E-state index in [9.17, 15) is 9.59 Å². The Bertz CT molecular complexity index is 1060. The van der Waals surface area contributed by atoms with E-state index in [0.717, 1.165) is 17.7 Å². The summed E-state index contributed by atoms with van der Waals surface area (Å²) in [6, 6.07) is 10.3. The van der Waals surface area contributed by atoms with Crippen LogP contribution in [0.5, 0.6) is 0 Å². The quantitative estimate of drug-likeness (QED) is 0.418. The van der Waals surface area contributed by atoms with Crippen LogP contribution in [0.25, 0.3) is 6.08 Å². The van der Waals surface area contributed by atoms with E-state index in [1.54, 1.807) is 6.08 Å². The highest BCUT2D eigenvalue weighted by molar-refractivity contribution is 7.80. The van der Waals surface area contributed by atoms with E-state index in [2.05, 4.69) is 36.7 Å². The van der Waals surface area contributed by atoms with Gasteiger partial charge in [-0.05, 0) is 80.7 Å². The van der Waals surface area contributed by atoms with E-state index in [-0.39, 0.29) is 16.6 Å². The normalized spacial score (nSPS) is 19.3. The third kappa shape index (κ3) is 4.09. The molecule has 2 aromatic rings. The van der Waals surface area contributed by atoms with Gasteiger partial charge in [0.1, 0.15) is 5.57 Å². The number of carbonyl (C=O) groups is 2. The Labute approximate surface area is 189 Å². The van der Waals surface area contributed by atoms with E-state index in [4.69, 9.17) is 12.2 Å². The lowest BCUT2D eigenvalue weighted by Gasteiger charge is -2.29. The molecule has 0 spiro atoms. The number of nitrogens with one attached hydrogen (secondary N) is 1. The van der Waals surface area contributed by atoms with Gasteiger partial charge in [-0.1, -0.05) is 38.3 Å². The minimum absolute atomic E-state index is 0.108. The molecule has 1 aliphatic carbocycles. The first-order valence-electron chi connectivity index (χ1n) is 11.1. The van der Waals surface area contributed by atoms with Gasteiger partial charge >= 0.3 is 0 Å². The third-order valence-electron chi connectivity index (χ3n) is 6.47. The molecular formula is C25H29N3O2S. The van der Waals surface area contributed by atoms with Crippen LogP contribution in [-0.2, 0) is 16.0 Å². The van der Waals surface area contributed by atoms with Gasteiger partial charge in [0.25, 0.3) is 11.8 Å². The summed E-state index contributed by atoms with van der Waals surface area (Å²) < 4.78 is 2.38. The van der Waals surface area contributed by atoms with E-state index < -0.39 is 5.91 Å². The number of rotatable bonds is 4. The largest absolute Gasteiger partial charge is 0.346 e. The Kier molecular flexibility index (Phi) is 6.10. The van der Waals surface area contributed by atoms with Crippen molar-refractivity contribution >= 4 is 40.9 Å². The van der Waals surface area contributed by atoms with E-state index in [0.29, 0.717) is 11.7 Å². The summed E-state index contributed by atoms with van der Waals surface area (Å²) in [5, 5.41) is 2.80. The van der Waals surface area contributed by atoms with Crippen molar-refractivity contribution in [3.63, 3.8) is 0 Å². The number of carbonyl (C=O) groups excluding carboxylic acids is 2. The topological polar surface area (TPSA) is 54.3 Å². The van der Waals surface area contributed by atoms with Crippen LogP contribution < -0.4 is 10.2 Å². The van der Waals surface area contributed by atoms with Gasteiger partial charge in [-0.3, -0.25) is 19.8 Å². The van der Waals surface area contributed by atoms with Crippen LogP contribution in [0.15, 0.2) is 35.9 Å². The lowest BCUT2D eigenvalue weighted by Crippen LogP contribution is -2.54. The van der Waals surface area contributed by atoms with Crippen molar-refractivity contribution in [2.24, 2.45) is 0 Å². The number of amides is 2. The van der Waals surface area contributed by atoms with Crippen LogP contribution in [0.3, 0.4) is 0 Å². The number of anilines is 1. The van der Waals surface area contributed by atoms with Gasteiger partial charge < -0.3 is 4.57 Å². The maximum absolute atomic E-state index is 13.3. The zero-order chi connectivity index (χ0) is 22.1. The molecule has 2 aliphatic rings. The molecule has 6 heteroatoms. The van der Waals surface area contributed by atoms with Crippen molar-refractivity contribution in [1.29, 1.82) is 0 Å². The minimum atomic E-state index is -0.445. The summed E-state index contributed by atoms with van der Waals surface area (Å²) in [5.74, 6) is -0.834. The van der Waals surface area contributed by atoms with Gasteiger partial charge in [-0.25, -0.2) is 0 Å². The Morgan fingerprint density at radius 2 is 1.77 bits per heavy atom. The molecule has 1 saturated heterocycles. The first-order valence-corrected chi connectivity index (χ1v) is 11.5. The summed E-state index contributed by atoms with van der Waals surface area (Å²) in [6.07, 6.45) is 8.80. The van der Waals surface area contributed by atoms with Crippen LogP contribution in [-0.4, -0.2) is 21.5 Å². The molecule has 2 fully saturated rings. The van der Waals surface area contributed by atoms with Crippen LogP contribution >= 0.6 is 12.2 Å². The van der Waals surface area contributed by atoms with E-state index in [1.807, 2.05) is 24.3 Å². The molecule has 1 aliphatic heterocycles. The second-order valence-electron chi connectivity index (χ2n) is 8.47. The molecule has 5 nitrogen and oxygen atoms in total. The van der Waals surface area contributed by atoms with Gasteiger partial charge in [0.05, 0.1) is 5.69 Å². The second kappa shape index (κ2) is 8.79. The van der Waals surface area contributed by atoms with Gasteiger partial charge in [-0.2, -0.15) is 0 Å². The van der Waals surface area contributed by atoms with Crippen molar-refractivity contribution in [3.05, 3.63) is 58.4 Å². The fourth-order valence-electron chi connectivity index (χ4n) is 4.78. The number of benzene rings is 1. The third-order valence-corrected chi connectivity index (χ3v) is 6.75. The average Bonchev–Trinajstić information content (AvgIpc) is 3.05. The van der Waals surface area contributed by atoms with Gasteiger partial charge in [0, 0.05) is 17.4 Å². The SMILES string of the molecule is CCc1ccc(N2C(=O)/C(=C/c3cc(C)n(C4CCCCC4)c3C)C(=O)NC2=S)cc1. The molecule has 1 N–H and O–H groups in total. The van der Waals surface area contributed by atoms with Crippen molar-refractivity contribution in [2.75, 3.05) is 4.90 Å². The molecule has 0 bridgehead atoms. The Morgan fingerprint density at radius 1 is 1.10 bits per heavy atom. The predicted molar refractivity (Wildman–Crippen MR) is 128 cm³/mol. The summed E-state index contributed by atoms with van der Waals surface area (Å²) in [7, 11) is 0. The number of thiocarbonyl (C=S) groups is 1. The average molecular weight is 436 g/mol. The fraction of sp³-hybridized carbons (Fsp3) is 0.400. The maximum atomic E-state index is 13.3. The number of hydrogen-bond acceptors (Lipinski definition) is 3. The van der Waals surface area contributed by atoms with Crippen LogP contribution in [0.2, 0.25) is 0 Å². The highest BCUT2D eigenvalue weighted by Crippen LogP contribution is 2.33. The lowest BCUT2D eigenvalue weighted by atomic mass is 9.95. The van der Waals surface area contributed by atoms with Crippen LogP contribution in [0, 0.1) is 13.8 Å². The van der Waals surface area contributed by atoms with Crippen molar-refractivity contribution in [2.45, 2.75) is 65.3 Å². The molecule has 4 rings (SSSR count). The number of aryl methyl sites for hydroxylation is 2. The van der Waals surface area contributed by atoms with E-state index >= 15 is 0 Å². The molecule has 162 valence electrons. The standard InChI is InChI=1S/C25H29N3O2S/c1-4-18-10-12-21(13-11-18)28-24(30)22(23(29)26-25(28)31)15-19-14-16(2)27(17(19)3)20-8-6-5-7-9-20/h10-15,20H,4-9H2,1-3H3,(H,26,29,31)/b22-15+. The molecule has 1 aromatic carbocycles. The predicted octanol–water partition coefficient (Wildman–Crippen LogP) is 5.00. The molecule has 2 amide bonds. The fourth-order valence-corrected chi connectivity index (χ4v) is 5.06. The highest BCUT2D eigenvalue weighted by atomic mass is 32.1. The first kappa shape index (κ1) is 21.5. The minimum Gasteiger partial charge on any atom is -0.346 e.